The fourth-order valence-electron chi connectivity index (χ4n) is 1.48. The molecule has 0 aliphatic heterocycles. The summed E-state index contributed by atoms with van der Waals surface area (Å²) in [5, 5.41) is 2.43. The van der Waals surface area contributed by atoms with Crippen molar-refractivity contribution in [3.8, 4) is 0 Å². The van der Waals surface area contributed by atoms with E-state index in [9.17, 15) is 17.6 Å². The van der Waals surface area contributed by atoms with Gasteiger partial charge in [0.2, 0.25) is 0 Å². The van der Waals surface area contributed by atoms with Crippen LogP contribution in [0, 0.1) is 5.82 Å². The van der Waals surface area contributed by atoms with Gasteiger partial charge in [-0.2, -0.15) is 0 Å². The molecule has 0 saturated carbocycles. The molecule has 1 aromatic carbocycles. The summed E-state index contributed by atoms with van der Waals surface area (Å²) in [7, 11) is -3.19. The summed E-state index contributed by atoms with van der Waals surface area (Å²) in [5.74, 6) is -1.52. The molecule has 4 nitrogen and oxygen atoms in total. The molecule has 1 atom stereocenters. The lowest BCUT2D eigenvalue weighted by Gasteiger charge is -2.13. The molecule has 1 rings (SSSR count). The Kier molecular flexibility index (Phi) is 4.75. The minimum absolute atomic E-state index is 0.150. The monoisotopic (exact) mass is 291 g/mol. The lowest BCUT2D eigenvalue weighted by atomic mass is 10.2. The van der Waals surface area contributed by atoms with Gasteiger partial charge in [-0.25, -0.2) is 12.8 Å². The number of rotatable bonds is 4. The summed E-state index contributed by atoms with van der Waals surface area (Å²) in [5.41, 5.74) is -0.150. The van der Waals surface area contributed by atoms with Crippen LogP contribution in [0.4, 0.5) is 4.39 Å². The maximum absolute atomic E-state index is 13.4. The summed E-state index contributed by atoms with van der Waals surface area (Å²) in [6.07, 6.45) is 1.07. The average molecular weight is 291 g/mol. The molecule has 0 spiro atoms. The van der Waals surface area contributed by atoms with Crippen molar-refractivity contribution >= 4 is 28.4 Å². The first kappa shape index (κ1) is 15.0. The zero-order chi connectivity index (χ0) is 13.9. The van der Waals surface area contributed by atoms with E-state index in [4.69, 9.17) is 0 Å². The molecule has 0 aromatic heterocycles. The molecule has 1 N–H and O–H groups in total. The van der Waals surface area contributed by atoms with E-state index in [0.29, 0.717) is 4.90 Å². The molecular weight excluding hydrogens is 277 g/mol. The van der Waals surface area contributed by atoms with E-state index in [-0.39, 0.29) is 11.3 Å². The Morgan fingerprint density at radius 2 is 2.11 bits per heavy atom. The number of carbonyl (C=O) groups excluding carboxylic acids is 1. The fourth-order valence-corrected chi connectivity index (χ4v) is 2.68. The first-order chi connectivity index (χ1) is 8.19. The summed E-state index contributed by atoms with van der Waals surface area (Å²) in [6.45, 7) is 1.54. The molecule has 1 unspecified atom stereocenters. The van der Waals surface area contributed by atoms with Crippen molar-refractivity contribution in [1.82, 2.24) is 5.32 Å². The SMILES string of the molecule is CC(CS(C)(=O)=O)NC(=O)c1cc(S)ccc1F. The minimum Gasteiger partial charge on any atom is -0.348 e. The zero-order valence-electron chi connectivity index (χ0n) is 9.97. The molecule has 7 heteroatoms. The number of nitrogens with one attached hydrogen (secondary N) is 1. The number of hydrogen-bond donors (Lipinski definition) is 2. The van der Waals surface area contributed by atoms with Crippen molar-refractivity contribution in [1.29, 1.82) is 0 Å². The Balaban J connectivity index is 2.80. The molecule has 100 valence electrons. The molecule has 0 bridgehead atoms. The quantitative estimate of drug-likeness (QED) is 0.821. The third kappa shape index (κ3) is 4.66. The van der Waals surface area contributed by atoms with Crippen LogP contribution in [0.1, 0.15) is 17.3 Å². The number of carbonyl (C=O) groups is 1. The third-order valence-electron chi connectivity index (χ3n) is 2.12. The molecule has 0 saturated heterocycles. The van der Waals surface area contributed by atoms with Crippen LogP contribution in [0.3, 0.4) is 0 Å². The highest BCUT2D eigenvalue weighted by Crippen LogP contribution is 2.13. The lowest BCUT2D eigenvalue weighted by molar-refractivity contribution is 0.0939. The molecule has 0 fully saturated rings. The number of thiol groups is 1. The maximum atomic E-state index is 13.4. The summed E-state index contributed by atoms with van der Waals surface area (Å²) in [4.78, 5) is 12.2. The summed E-state index contributed by atoms with van der Waals surface area (Å²) >= 11 is 4.01. The highest BCUT2D eigenvalue weighted by atomic mass is 32.2. The first-order valence-corrected chi connectivity index (χ1v) is 7.67. The predicted octanol–water partition coefficient (Wildman–Crippen LogP) is 1.28. The van der Waals surface area contributed by atoms with Crippen molar-refractivity contribution in [2.24, 2.45) is 0 Å². The van der Waals surface area contributed by atoms with Gasteiger partial charge in [0, 0.05) is 17.2 Å². The van der Waals surface area contributed by atoms with E-state index >= 15 is 0 Å². The van der Waals surface area contributed by atoms with Crippen molar-refractivity contribution in [2.45, 2.75) is 17.9 Å². The Hall–Kier alpha value is -1.08. The van der Waals surface area contributed by atoms with E-state index in [0.717, 1.165) is 12.3 Å². The van der Waals surface area contributed by atoms with Crippen LogP contribution in [0.5, 0.6) is 0 Å². The number of halogens is 1. The van der Waals surface area contributed by atoms with Crippen molar-refractivity contribution < 1.29 is 17.6 Å². The number of hydrogen-bond acceptors (Lipinski definition) is 4. The Labute approximate surface area is 111 Å². The zero-order valence-corrected chi connectivity index (χ0v) is 11.7. The van der Waals surface area contributed by atoms with Gasteiger partial charge in [0.1, 0.15) is 15.7 Å². The molecule has 1 aromatic rings. The second-order valence-electron chi connectivity index (χ2n) is 4.13. The third-order valence-corrected chi connectivity index (χ3v) is 3.51. The van der Waals surface area contributed by atoms with E-state index in [2.05, 4.69) is 17.9 Å². The van der Waals surface area contributed by atoms with Gasteiger partial charge < -0.3 is 5.32 Å². The van der Waals surface area contributed by atoms with Gasteiger partial charge in [-0.05, 0) is 25.1 Å². The smallest absolute Gasteiger partial charge is 0.254 e. The maximum Gasteiger partial charge on any atom is 0.254 e. The summed E-state index contributed by atoms with van der Waals surface area (Å²) < 4.78 is 35.5. The summed E-state index contributed by atoms with van der Waals surface area (Å²) in [6, 6.07) is 3.27. The molecule has 0 radical (unpaired) electrons. The largest absolute Gasteiger partial charge is 0.348 e. The number of benzene rings is 1. The minimum atomic E-state index is -3.19. The van der Waals surface area contributed by atoms with Crippen molar-refractivity contribution in [3.63, 3.8) is 0 Å². The van der Waals surface area contributed by atoms with Crippen molar-refractivity contribution in [2.75, 3.05) is 12.0 Å². The molecule has 0 heterocycles. The average Bonchev–Trinajstić information content (AvgIpc) is 2.18. The van der Waals surface area contributed by atoms with Crippen molar-refractivity contribution in [3.05, 3.63) is 29.6 Å². The highest BCUT2D eigenvalue weighted by molar-refractivity contribution is 7.90. The van der Waals surface area contributed by atoms with Gasteiger partial charge in [0.25, 0.3) is 5.91 Å². The van der Waals surface area contributed by atoms with Crippen LogP contribution >= 0.6 is 12.6 Å². The standard InChI is InChI=1S/C11H14FNO3S2/c1-7(6-18(2,15)16)13-11(14)9-5-8(17)3-4-10(9)12/h3-5,7,17H,6H2,1-2H3,(H,13,14). The Bertz CT molecular complexity index is 557. The van der Waals surface area contributed by atoms with Crippen LogP contribution in [0.25, 0.3) is 0 Å². The van der Waals surface area contributed by atoms with E-state index < -0.39 is 27.6 Å². The molecule has 1 amide bonds. The van der Waals surface area contributed by atoms with Crippen LogP contribution < -0.4 is 5.32 Å². The predicted molar refractivity (Wildman–Crippen MR) is 70.3 cm³/mol. The van der Waals surface area contributed by atoms with Gasteiger partial charge in [-0.1, -0.05) is 0 Å². The normalized spacial score (nSPS) is 13.1. The van der Waals surface area contributed by atoms with Gasteiger partial charge in [-0.3, -0.25) is 4.79 Å². The van der Waals surface area contributed by atoms with Gasteiger partial charge in [0.05, 0.1) is 11.3 Å². The van der Waals surface area contributed by atoms with Gasteiger partial charge >= 0.3 is 0 Å². The van der Waals surface area contributed by atoms with Crippen LogP contribution in [0.2, 0.25) is 0 Å². The van der Waals surface area contributed by atoms with E-state index in [1.54, 1.807) is 6.92 Å². The van der Waals surface area contributed by atoms with Crippen LogP contribution in [0.15, 0.2) is 23.1 Å². The topological polar surface area (TPSA) is 63.2 Å². The van der Waals surface area contributed by atoms with Gasteiger partial charge in [-0.15, -0.1) is 12.6 Å². The molecule has 0 aliphatic carbocycles. The second kappa shape index (κ2) is 5.71. The highest BCUT2D eigenvalue weighted by Gasteiger charge is 2.17. The first-order valence-electron chi connectivity index (χ1n) is 5.16. The van der Waals surface area contributed by atoms with E-state index in [1.165, 1.54) is 12.1 Å². The number of amides is 1. The van der Waals surface area contributed by atoms with Crippen LogP contribution in [-0.2, 0) is 9.84 Å². The van der Waals surface area contributed by atoms with Gasteiger partial charge in [0.15, 0.2) is 0 Å². The Morgan fingerprint density at radius 1 is 1.50 bits per heavy atom. The molecule has 0 aliphatic rings. The number of sulfone groups is 1. The van der Waals surface area contributed by atoms with Crippen LogP contribution in [-0.4, -0.2) is 32.4 Å². The van der Waals surface area contributed by atoms with E-state index in [1.807, 2.05) is 0 Å². The Morgan fingerprint density at radius 3 is 2.67 bits per heavy atom. The molecular formula is C11H14FNO3S2. The molecule has 18 heavy (non-hydrogen) atoms. The second-order valence-corrected chi connectivity index (χ2v) is 6.83. The lowest BCUT2D eigenvalue weighted by Crippen LogP contribution is -2.37. The fraction of sp³-hybridized carbons (Fsp3) is 0.364.